The maximum absolute atomic E-state index is 12.8. The lowest BCUT2D eigenvalue weighted by Crippen LogP contribution is -2.24. The van der Waals surface area contributed by atoms with E-state index < -0.39 is 0 Å². The fraction of sp³-hybridized carbons (Fsp3) is 0.235. The van der Waals surface area contributed by atoms with Crippen LogP contribution in [0.25, 0.3) is 10.2 Å². The second-order valence-corrected chi connectivity index (χ2v) is 7.24. The Hall–Kier alpha value is -1.99. The highest BCUT2D eigenvalue weighted by Crippen LogP contribution is 2.30. The van der Waals surface area contributed by atoms with Crippen molar-refractivity contribution < 1.29 is 9.18 Å². The van der Waals surface area contributed by atoms with E-state index >= 15 is 0 Å². The first-order valence-electron chi connectivity index (χ1n) is 7.53. The topological polar surface area (TPSA) is 54.9 Å². The molecule has 1 aromatic carbocycles. The zero-order valence-electron chi connectivity index (χ0n) is 13.1. The summed E-state index contributed by atoms with van der Waals surface area (Å²) in [5.41, 5.74) is 0.865. The summed E-state index contributed by atoms with van der Waals surface area (Å²) in [6.07, 6.45) is 2.50. The van der Waals surface area contributed by atoms with Gasteiger partial charge in [0.25, 0.3) is 0 Å². The van der Waals surface area contributed by atoms with Gasteiger partial charge in [-0.25, -0.2) is 14.4 Å². The molecule has 0 fully saturated rings. The van der Waals surface area contributed by atoms with E-state index in [0.29, 0.717) is 6.54 Å². The predicted octanol–water partition coefficient (Wildman–Crippen LogP) is 3.80. The molecule has 0 aliphatic rings. The Balaban J connectivity index is 1.58. The van der Waals surface area contributed by atoms with Crippen molar-refractivity contribution in [3.8, 4) is 0 Å². The minimum atomic E-state index is -0.282. The van der Waals surface area contributed by atoms with Gasteiger partial charge in [-0.3, -0.25) is 4.79 Å². The maximum atomic E-state index is 12.8. The van der Waals surface area contributed by atoms with E-state index in [9.17, 15) is 9.18 Å². The number of thiophene rings is 1. The van der Waals surface area contributed by atoms with Crippen LogP contribution in [0, 0.1) is 5.82 Å². The van der Waals surface area contributed by atoms with Gasteiger partial charge in [0.15, 0.2) is 0 Å². The van der Waals surface area contributed by atoms with Crippen molar-refractivity contribution in [2.75, 3.05) is 5.75 Å². The average molecular weight is 361 g/mol. The van der Waals surface area contributed by atoms with Crippen molar-refractivity contribution in [3.05, 3.63) is 52.9 Å². The highest BCUT2D eigenvalue weighted by Gasteiger charge is 2.10. The van der Waals surface area contributed by atoms with Gasteiger partial charge in [0.2, 0.25) is 5.91 Å². The lowest BCUT2D eigenvalue weighted by molar-refractivity contribution is -0.118. The third-order valence-corrected chi connectivity index (χ3v) is 5.63. The molecule has 0 unspecified atom stereocenters. The van der Waals surface area contributed by atoms with Gasteiger partial charge in [0, 0.05) is 16.8 Å². The van der Waals surface area contributed by atoms with Crippen molar-refractivity contribution >= 4 is 39.2 Å². The number of nitrogens with one attached hydrogen (secondary N) is 1. The Labute approximate surface area is 147 Å². The number of amides is 1. The second kappa shape index (κ2) is 7.72. The number of rotatable bonds is 6. The highest BCUT2D eigenvalue weighted by atomic mass is 32.2. The van der Waals surface area contributed by atoms with Crippen molar-refractivity contribution in [3.63, 3.8) is 0 Å². The molecular weight excluding hydrogens is 345 g/mol. The largest absolute Gasteiger partial charge is 0.351 e. The zero-order chi connectivity index (χ0) is 16.9. The molecule has 0 aliphatic heterocycles. The highest BCUT2D eigenvalue weighted by molar-refractivity contribution is 8.00. The van der Waals surface area contributed by atoms with Crippen molar-refractivity contribution in [2.45, 2.75) is 24.9 Å². The lowest BCUT2D eigenvalue weighted by atomic mass is 10.2. The summed E-state index contributed by atoms with van der Waals surface area (Å²) in [6, 6.07) is 8.19. The van der Waals surface area contributed by atoms with Crippen LogP contribution in [0.1, 0.15) is 17.4 Å². The van der Waals surface area contributed by atoms with Crippen molar-refractivity contribution in [2.24, 2.45) is 0 Å². The van der Waals surface area contributed by atoms with Crippen LogP contribution in [0.4, 0.5) is 4.39 Å². The van der Waals surface area contributed by atoms with Crippen molar-refractivity contribution in [1.82, 2.24) is 15.3 Å². The summed E-state index contributed by atoms with van der Waals surface area (Å²) in [4.78, 5) is 22.8. The third kappa shape index (κ3) is 4.10. The molecule has 0 radical (unpaired) electrons. The normalized spacial score (nSPS) is 10.9. The number of hydrogen-bond acceptors (Lipinski definition) is 5. The number of nitrogens with zero attached hydrogens (tertiary/aromatic N) is 2. The fourth-order valence-corrected chi connectivity index (χ4v) is 3.96. The molecule has 3 rings (SSSR count). The molecule has 2 aromatic heterocycles. The molecule has 7 heteroatoms. The molecule has 0 atom stereocenters. The van der Waals surface area contributed by atoms with Gasteiger partial charge in [0.1, 0.15) is 22.0 Å². The minimum Gasteiger partial charge on any atom is -0.351 e. The molecule has 0 aliphatic carbocycles. The number of halogens is 1. The van der Waals surface area contributed by atoms with Gasteiger partial charge in [-0.05, 0) is 30.2 Å². The quantitative estimate of drug-likeness (QED) is 0.536. The SMILES string of the molecule is CCc1cc2c(SCC(=O)NCc3ccc(F)cc3)ncnc2s1. The van der Waals surface area contributed by atoms with Crippen LogP contribution < -0.4 is 5.32 Å². The third-order valence-electron chi connectivity index (χ3n) is 3.44. The van der Waals surface area contributed by atoms with Gasteiger partial charge in [-0.15, -0.1) is 11.3 Å². The Kier molecular flexibility index (Phi) is 5.42. The van der Waals surface area contributed by atoms with E-state index in [0.717, 1.165) is 27.2 Å². The number of fused-ring (bicyclic) bond motifs is 1. The van der Waals surface area contributed by atoms with Gasteiger partial charge in [0.05, 0.1) is 5.75 Å². The van der Waals surface area contributed by atoms with Crippen LogP contribution in [0.5, 0.6) is 0 Å². The van der Waals surface area contributed by atoms with Gasteiger partial charge in [-0.1, -0.05) is 30.8 Å². The smallest absolute Gasteiger partial charge is 0.230 e. The Morgan fingerprint density at radius 1 is 1.29 bits per heavy atom. The van der Waals surface area contributed by atoms with Crippen molar-refractivity contribution in [1.29, 1.82) is 0 Å². The molecule has 3 aromatic rings. The van der Waals surface area contributed by atoms with E-state index in [2.05, 4.69) is 28.3 Å². The summed E-state index contributed by atoms with van der Waals surface area (Å²) in [6.45, 7) is 2.49. The number of aryl methyl sites for hydroxylation is 1. The van der Waals surface area contributed by atoms with Gasteiger partial charge in [-0.2, -0.15) is 0 Å². The molecule has 0 bridgehead atoms. The Morgan fingerprint density at radius 2 is 2.08 bits per heavy atom. The van der Waals surface area contributed by atoms with Crippen LogP contribution in [0.3, 0.4) is 0 Å². The molecule has 4 nitrogen and oxygen atoms in total. The number of carbonyl (C=O) groups excluding carboxylic acids is 1. The Morgan fingerprint density at radius 3 is 2.83 bits per heavy atom. The van der Waals surface area contributed by atoms with Crippen LogP contribution >= 0.6 is 23.1 Å². The number of thioether (sulfide) groups is 1. The van der Waals surface area contributed by atoms with E-state index in [1.165, 1.54) is 35.1 Å². The van der Waals surface area contributed by atoms with Crippen LogP contribution in [-0.4, -0.2) is 21.6 Å². The summed E-state index contributed by atoms with van der Waals surface area (Å²) in [5.74, 6) is -0.0809. The number of carbonyl (C=O) groups is 1. The van der Waals surface area contributed by atoms with Crippen LogP contribution in [0.2, 0.25) is 0 Å². The number of aromatic nitrogens is 2. The standard InChI is InChI=1S/C17H16FN3OS2/c1-2-13-7-14-16(20-10-21-17(14)24-13)23-9-15(22)19-8-11-3-5-12(18)6-4-11/h3-7,10H,2,8-9H2,1H3,(H,19,22). The lowest BCUT2D eigenvalue weighted by Gasteiger charge is -2.05. The van der Waals surface area contributed by atoms with Crippen LogP contribution in [0.15, 0.2) is 41.7 Å². The molecular formula is C17H16FN3OS2. The maximum Gasteiger partial charge on any atom is 0.230 e. The van der Waals surface area contributed by atoms with E-state index in [4.69, 9.17) is 0 Å². The monoisotopic (exact) mass is 361 g/mol. The van der Waals surface area contributed by atoms with Gasteiger partial charge < -0.3 is 5.32 Å². The molecule has 1 N–H and O–H groups in total. The molecule has 124 valence electrons. The number of hydrogen-bond donors (Lipinski definition) is 1. The second-order valence-electron chi connectivity index (χ2n) is 5.16. The minimum absolute atomic E-state index is 0.0815. The molecule has 0 saturated carbocycles. The molecule has 1 amide bonds. The zero-order valence-corrected chi connectivity index (χ0v) is 14.7. The van der Waals surface area contributed by atoms with E-state index in [1.54, 1.807) is 23.5 Å². The Bertz CT molecular complexity index is 849. The first kappa shape index (κ1) is 16.9. The number of benzene rings is 1. The van der Waals surface area contributed by atoms with E-state index in [-0.39, 0.29) is 17.5 Å². The molecule has 0 spiro atoms. The first-order valence-corrected chi connectivity index (χ1v) is 9.33. The average Bonchev–Trinajstić information content (AvgIpc) is 3.03. The summed E-state index contributed by atoms with van der Waals surface area (Å²) < 4.78 is 12.8. The summed E-state index contributed by atoms with van der Waals surface area (Å²) in [5, 5.41) is 4.67. The van der Waals surface area contributed by atoms with Crippen LogP contribution in [-0.2, 0) is 17.8 Å². The fourth-order valence-electron chi connectivity index (χ4n) is 2.16. The molecule has 2 heterocycles. The molecule has 0 saturated heterocycles. The van der Waals surface area contributed by atoms with Gasteiger partial charge >= 0.3 is 0 Å². The summed E-state index contributed by atoms with van der Waals surface area (Å²) in [7, 11) is 0. The molecule has 24 heavy (non-hydrogen) atoms. The summed E-state index contributed by atoms with van der Waals surface area (Å²) >= 11 is 3.06. The predicted molar refractivity (Wildman–Crippen MR) is 95.8 cm³/mol. The van der Waals surface area contributed by atoms with E-state index in [1.807, 2.05) is 0 Å². The first-order chi connectivity index (χ1) is 11.7.